The van der Waals surface area contributed by atoms with Crippen LogP contribution in [0, 0.1) is 0 Å². The molecule has 0 aromatic rings. The van der Waals surface area contributed by atoms with Gasteiger partial charge in [0.2, 0.25) is 0 Å². The first-order valence-corrected chi connectivity index (χ1v) is 10.5. The summed E-state index contributed by atoms with van der Waals surface area (Å²) in [5.41, 5.74) is 0. The zero-order valence-electron chi connectivity index (χ0n) is 4.19. The first-order valence-electron chi connectivity index (χ1n) is 2.65. The second kappa shape index (κ2) is 3.15. The maximum atomic E-state index is 5.80. The molecular weight excluding hydrogens is 218 g/mol. The fourth-order valence-corrected chi connectivity index (χ4v) is 5.76. The second-order valence-corrected chi connectivity index (χ2v) is 9.98. The third kappa shape index (κ3) is 2.19. The molecule has 1 rings (SSSR count). The van der Waals surface area contributed by atoms with Crippen molar-refractivity contribution in [3.8, 4) is 0 Å². The number of rotatable bonds is 0. The summed E-state index contributed by atoms with van der Waals surface area (Å²) in [6.45, 7) is 0.949. The molecule has 0 amide bonds. The number of hydrogen-bond donors (Lipinski definition) is 0. The van der Waals surface area contributed by atoms with Crippen molar-refractivity contribution in [1.82, 2.24) is 0 Å². The van der Waals surface area contributed by atoms with Crippen LogP contribution in [0.5, 0.6) is 0 Å². The summed E-state index contributed by atoms with van der Waals surface area (Å²) in [5.74, 6) is 0. The molecule has 0 spiro atoms. The average Bonchev–Trinajstić information content (AvgIpc) is 1.69. The summed E-state index contributed by atoms with van der Waals surface area (Å²) in [6.07, 6.45) is 2.56. The van der Waals surface area contributed by atoms with Crippen LogP contribution in [-0.2, 0) is 3.07 Å². The average molecular weight is 227 g/mol. The minimum absolute atomic E-state index is 0.949. The van der Waals surface area contributed by atoms with Crippen molar-refractivity contribution in [2.75, 3.05) is 6.61 Å². The SMILES string of the molecule is [Cl][SnH]1[CH2]CCC[O]1. The summed E-state index contributed by atoms with van der Waals surface area (Å²) >= 11 is -1.70. The topological polar surface area (TPSA) is 9.23 Å². The van der Waals surface area contributed by atoms with Crippen LogP contribution < -0.4 is 0 Å². The molecule has 0 bridgehead atoms. The standard InChI is InChI=1S/C4H8O.ClH.Sn.H/c1-2-3-4-5;;;/h1-4H2;1H;;/q-1;;+2;/p-1. The van der Waals surface area contributed by atoms with Gasteiger partial charge in [-0.3, -0.25) is 0 Å². The van der Waals surface area contributed by atoms with Crippen LogP contribution in [0.3, 0.4) is 0 Å². The molecule has 1 aliphatic rings. The molecule has 3 heteroatoms. The molecule has 1 fully saturated rings. The van der Waals surface area contributed by atoms with Crippen molar-refractivity contribution in [2.24, 2.45) is 0 Å². The van der Waals surface area contributed by atoms with Crippen LogP contribution >= 0.6 is 8.92 Å². The fourth-order valence-electron chi connectivity index (χ4n) is 0.701. The summed E-state index contributed by atoms with van der Waals surface area (Å²) in [4.78, 5) is 0. The van der Waals surface area contributed by atoms with E-state index < -0.39 is 19.0 Å². The van der Waals surface area contributed by atoms with Gasteiger partial charge < -0.3 is 0 Å². The van der Waals surface area contributed by atoms with Crippen LogP contribution in [-0.4, -0.2) is 25.7 Å². The van der Waals surface area contributed by atoms with E-state index in [1.807, 2.05) is 0 Å². The van der Waals surface area contributed by atoms with Crippen LogP contribution in [0.1, 0.15) is 12.8 Å². The minimum atomic E-state index is -1.70. The molecular formula is C4H9ClOSn. The van der Waals surface area contributed by atoms with Crippen molar-refractivity contribution in [3.05, 3.63) is 0 Å². The molecule has 0 aromatic heterocycles. The quantitative estimate of drug-likeness (QED) is 0.566. The first kappa shape index (κ1) is 6.17. The molecule has 1 unspecified atom stereocenters. The van der Waals surface area contributed by atoms with E-state index in [9.17, 15) is 0 Å². The van der Waals surface area contributed by atoms with Gasteiger partial charge in [0.1, 0.15) is 0 Å². The third-order valence-electron chi connectivity index (χ3n) is 1.12. The van der Waals surface area contributed by atoms with Crippen molar-refractivity contribution in [3.63, 3.8) is 0 Å². The van der Waals surface area contributed by atoms with E-state index in [-0.39, 0.29) is 0 Å². The van der Waals surface area contributed by atoms with Crippen LogP contribution in [0.15, 0.2) is 0 Å². The molecule has 7 heavy (non-hydrogen) atoms. The first-order chi connectivity index (χ1) is 3.39. The summed E-state index contributed by atoms with van der Waals surface area (Å²) in [6, 6.07) is 0. The maximum absolute atomic E-state index is 5.80. The predicted molar refractivity (Wildman–Crippen MR) is 33.0 cm³/mol. The van der Waals surface area contributed by atoms with E-state index in [0.29, 0.717) is 0 Å². The Bertz CT molecular complexity index is 53.7. The van der Waals surface area contributed by atoms with Crippen molar-refractivity contribution in [1.29, 1.82) is 0 Å². The Balaban J connectivity index is 2.12. The van der Waals surface area contributed by atoms with Crippen molar-refractivity contribution < 1.29 is 3.07 Å². The van der Waals surface area contributed by atoms with Gasteiger partial charge in [-0.1, -0.05) is 0 Å². The third-order valence-corrected chi connectivity index (χ3v) is 7.60. The summed E-state index contributed by atoms with van der Waals surface area (Å²) < 4.78 is 6.49. The summed E-state index contributed by atoms with van der Waals surface area (Å²) in [5, 5.41) is 0. The molecule has 1 atom stereocenters. The van der Waals surface area contributed by atoms with E-state index in [4.69, 9.17) is 12.0 Å². The molecule has 1 aliphatic heterocycles. The molecule has 0 radical (unpaired) electrons. The van der Waals surface area contributed by atoms with E-state index in [0.717, 1.165) is 6.61 Å². The Labute approximate surface area is 55.0 Å². The predicted octanol–water partition coefficient (Wildman–Crippen LogP) is 1.26. The summed E-state index contributed by atoms with van der Waals surface area (Å²) in [7, 11) is 5.80. The zero-order valence-corrected chi connectivity index (χ0v) is 8.24. The fraction of sp³-hybridized carbons (Fsp3) is 1.00. The van der Waals surface area contributed by atoms with Crippen molar-refractivity contribution in [2.45, 2.75) is 17.3 Å². The Kier molecular flexibility index (Phi) is 2.78. The molecule has 0 aliphatic carbocycles. The molecule has 42 valence electrons. The van der Waals surface area contributed by atoms with Gasteiger partial charge in [-0.2, -0.15) is 0 Å². The van der Waals surface area contributed by atoms with E-state index >= 15 is 0 Å². The Morgan fingerprint density at radius 2 is 2.29 bits per heavy atom. The molecule has 0 aromatic carbocycles. The van der Waals surface area contributed by atoms with E-state index in [2.05, 4.69) is 0 Å². The van der Waals surface area contributed by atoms with Crippen LogP contribution in [0.4, 0.5) is 0 Å². The van der Waals surface area contributed by atoms with Gasteiger partial charge in [-0.05, 0) is 0 Å². The van der Waals surface area contributed by atoms with Crippen LogP contribution in [0.25, 0.3) is 0 Å². The van der Waals surface area contributed by atoms with Crippen molar-refractivity contribution >= 4 is 28.0 Å². The van der Waals surface area contributed by atoms with Gasteiger partial charge in [0.05, 0.1) is 0 Å². The monoisotopic (exact) mass is 228 g/mol. The molecule has 0 N–H and O–H groups in total. The van der Waals surface area contributed by atoms with Gasteiger partial charge in [-0.25, -0.2) is 0 Å². The van der Waals surface area contributed by atoms with Gasteiger partial charge in [0, 0.05) is 0 Å². The molecule has 1 nitrogen and oxygen atoms in total. The van der Waals surface area contributed by atoms with E-state index in [1.165, 1.54) is 17.3 Å². The number of halogens is 1. The van der Waals surface area contributed by atoms with Gasteiger partial charge in [-0.15, -0.1) is 0 Å². The van der Waals surface area contributed by atoms with Gasteiger partial charge in [0.15, 0.2) is 0 Å². The molecule has 1 saturated heterocycles. The van der Waals surface area contributed by atoms with Crippen LogP contribution in [0.2, 0.25) is 4.44 Å². The second-order valence-electron chi connectivity index (χ2n) is 1.78. The zero-order chi connectivity index (χ0) is 5.11. The number of hydrogen-bond acceptors (Lipinski definition) is 1. The normalized spacial score (nSPS) is 33.0. The van der Waals surface area contributed by atoms with E-state index in [1.54, 1.807) is 0 Å². The Morgan fingerprint density at radius 3 is 2.57 bits per heavy atom. The Hall–Kier alpha value is 1.05. The molecule has 1 heterocycles. The molecule has 0 saturated carbocycles. The van der Waals surface area contributed by atoms with Gasteiger partial charge >= 0.3 is 54.9 Å². The Morgan fingerprint density at radius 1 is 1.43 bits per heavy atom. The van der Waals surface area contributed by atoms with Gasteiger partial charge in [0.25, 0.3) is 0 Å².